The van der Waals surface area contributed by atoms with Crippen molar-refractivity contribution < 1.29 is 9.84 Å². The number of aliphatic hydroxyl groups is 1. The summed E-state index contributed by atoms with van der Waals surface area (Å²) in [6.45, 7) is 6.69. The Morgan fingerprint density at radius 2 is 2.00 bits per heavy atom. The Kier molecular flexibility index (Phi) is 0.978. The summed E-state index contributed by atoms with van der Waals surface area (Å²) in [6, 6.07) is 0. The summed E-state index contributed by atoms with van der Waals surface area (Å²) in [5, 5.41) is 10.0. The van der Waals surface area contributed by atoms with Crippen LogP contribution in [-0.4, -0.2) is 23.4 Å². The van der Waals surface area contributed by atoms with Crippen molar-refractivity contribution in [3.05, 3.63) is 0 Å². The first kappa shape index (κ1) is 7.34. The molecule has 2 saturated carbocycles. The third-order valence-electron chi connectivity index (χ3n) is 4.28. The summed E-state index contributed by atoms with van der Waals surface area (Å²) in [4.78, 5) is 0. The summed E-state index contributed by atoms with van der Waals surface area (Å²) >= 11 is 0. The largest absolute Gasteiger partial charge is 0.392 e. The number of aliphatic hydroxyl groups excluding tert-OH is 1. The van der Waals surface area contributed by atoms with Crippen LogP contribution in [0.25, 0.3) is 0 Å². The highest BCUT2D eigenvalue weighted by molar-refractivity contribution is 5.23. The van der Waals surface area contributed by atoms with E-state index < -0.39 is 0 Å². The molecular weight excluding hydrogens is 152 g/mol. The number of hydrogen-bond donors (Lipinski definition) is 1. The van der Waals surface area contributed by atoms with Gasteiger partial charge >= 0.3 is 0 Å². The van der Waals surface area contributed by atoms with Gasteiger partial charge in [0.05, 0.1) is 18.3 Å². The van der Waals surface area contributed by atoms with Gasteiger partial charge < -0.3 is 9.84 Å². The summed E-state index contributed by atoms with van der Waals surface area (Å²) < 4.78 is 5.59. The highest BCUT2D eigenvalue weighted by atomic mass is 16.6. The summed E-state index contributed by atoms with van der Waals surface area (Å²) in [5.41, 5.74) is 0.352. The zero-order valence-electron chi connectivity index (χ0n) is 7.87. The second-order valence-corrected chi connectivity index (χ2v) is 5.66. The van der Waals surface area contributed by atoms with E-state index in [4.69, 9.17) is 4.74 Å². The van der Waals surface area contributed by atoms with Crippen LogP contribution in [0.2, 0.25) is 0 Å². The van der Waals surface area contributed by atoms with Crippen molar-refractivity contribution in [2.75, 3.05) is 0 Å². The minimum Gasteiger partial charge on any atom is -0.392 e. The number of hydrogen-bond acceptors (Lipinski definition) is 2. The van der Waals surface area contributed by atoms with Gasteiger partial charge in [-0.25, -0.2) is 0 Å². The van der Waals surface area contributed by atoms with Gasteiger partial charge in [-0.2, -0.15) is 0 Å². The molecule has 3 rings (SSSR count). The van der Waals surface area contributed by atoms with Crippen molar-refractivity contribution >= 4 is 0 Å². The molecule has 3 aliphatic rings. The molecule has 2 bridgehead atoms. The van der Waals surface area contributed by atoms with Gasteiger partial charge in [0.1, 0.15) is 0 Å². The van der Waals surface area contributed by atoms with Crippen LogP contribution in [0, 0.1) is 16.7 Å². The van der Waals surface area contributed by atoms with Crippen molar-refractivity contribution in [1.82, 2.24) is 0 Å². The van der Waals surface area contributed by atoms with Crippen LogP contribution in [0.3, 0.4) is 0 Å². The fraction of sp³-hybridized carbons (Fsp3) is 1.00. The lowest BCUT2D eigenvalue weighted by molar-refractivity contribution is 0.00920. The van der Waals surface area contributed by atoms with Crippen LogP contribution in [0.4, 0.5) is 0 Å². The van der Waals surface area contributed by atoms with E-state index in [1.54, 1.807) is 0 Å². The minimum absolute atomic E-state index is 0.0683. The molecule has 1 saturated heterocycles. The topological polar surface area (TPSA) is 32.8 Å². The molecule has 1 aliphatic heterocycles. The number of ether oxygens (including phenoxy) is 1. The van der Waals surface area contributed by atoms with Gasteiger partial charge in [0.25, 0.3) is 0 Å². The maximum atomic E-state index is 10.0. The lowest BCUT2D eigenvalue weighted by Crippen LogP contribution is -2.29. The molecule has 0 amide bonds. The quantitative estimate of drug-likeness (QED) is 0.551. The maximum absolute atomic E-state index is 10.0. The molecule has 2 aliphatic carbocycles. The first-order chi connectivity index (χ1) is 5.47. The first-order valence-corrected chi connectivity index (χ1v) is 4.80. The number of rotatable bonds is 0. The average molecular weight is 168 g/mol. The fourth-order valence-electron chi connectivity index (χ4n) is 3.86. The number of fused-ring (bicyclic) bond motifs is 5. The maximum Gasteiger partial charge on any atom is 0.0924 e. The third kappa shape index (κ3) is 0.549. The standard InChI is InChI=1S/C10H16O2/c1-9(2)4-10(3)7(11)5(9)6-8(10)12-6/h5-8,11H,4H2,1-3H3. The summed E-state index contributed by atoms with van der Waals surface area (Å²) in [5.74, 6) is 0.396. The molecule has 3 fully saturated rings. The van der Waals surface area contributed by atoms with E-state index in [0.717, 1.165) is 6.42 Å². The van der Waals surface area contributed by atoms with Gasteiger partial charge in [0.2, 0.25) is 0 Å². The van der Waals surface area contributed by atoms with Crippen LogP contribution in [-0.2, 0) is 4.74 Å². The SMILES string of the molecule is CC1(C)CC2(C)C(O)C1C1OC12. The predicted octanol–water partition coefficient (Wildman–Crippen LogP) is 1.18. The van der Waals surface area contributed by atoms with Gasteiger partial charge in [-0.1, -0.05) is 20.8 Å². The van der Waals surface area contributed by atoms with Crippen LogP contribution in [0.15, 0.2) is 0 Å². The Labute approximate surface area is 72.9 Å². The summed E-state index contributed by atoms with van der Waals surface area (Å²) in [7, 11) is 0. The van der Waals surface area contributed by atoms with E-state index in [1.165, 1.54) is 0 Å². The molecular formula is C10H16O2. The molecule has 0 aromatic rings. The molecule has 0 aromatic carbocycles. The lowest BCUT2D eigenvalue weighted by Gasteiger charge is -2.29. The Hall–Kier alpha value is -0.0800. The molecule has 1 N–H and O–H groups in total. The van der Waals surface area contributed by atoms with Crippen molar-refractivity contribution in [1.29, 1.82) is 0 Å². The molecule has 5 atom stereocenters. The van der Waals surface area contributed by atoms with Crippen molar-refractivity contribution in [3.8, 4) is 0 Å². The van der Waals surface area contributed by atoms with Gasteiger partial charge in [-0.3, -0.25) is 0 Å². The molecule has 2 nitrogen and oxygen atoms in total. The van der Waals surface area contributed by atoms with Crippen LogP contribution >= 0.6 is 0 Å². The zero-order chi connectivity index (χ0) is 8.72. The first-order valence-electron chi connectivity index (χ1n) is 4.80. The molecule has 68 valence electrons. The summed E-state index contributed by atoms with van der Waals surface area (Å²) in [6.07, 6.45) is 1.77. The Balaban J connectivity index is 2.08. The highest BCUT2D eigenvalue weighted by Gasteiger charge is 2.76. The monoisotopic (exact) mass is 168 g/mol. The van der Waals surface area contributed by atoms with Crippen molar-refractivity contribution in [3.63, 3.8) is 0 Å². The van der Waals surface area contributed by atoms with E-state index >= 15 is 0 Å². The van der Waals surface area contributed by atoms with Crippen molar-refractivity contribution in [2.45, 2.75) is 45.5 Å². The van der Waals surface area contributed by atoms with Crippen LogP contribution in [0.1, 0.15) is 27.2 Å². The second kappa shape index (κ2) is 1.60. The van der Waals surface area contributed by atoms with E-state index in [9.17, 15) is 5.11 Å². The third-order valence-corrected chi connectivity index (χ3v) is 4.28. The normalized spacial score (nSPS) is 65.0. The van der Waals surface area contributed by atoms with Gasteiger partial charge in [0, 0.05) is 11.3 Å². The lowest BCUT2D eigenvalue weighted by atomic mass is 9.73. The molecule has 2 heteroatoms. The highest BCUT2D eigenvalue weighted by Crippen LogP contribution is 2.69. The van der Waals surface area contributed by atoms with E-state index in [0.29, 0.717) is 18.1 Å². The van der Waals surface area contributed by atoms with E-state index in [1.807, 2.05) is 0 Å². The molecule has 5 unspecified atom stereocenters. The molecule has 0 radical (unpaired) electrons. The number of epoxide rings is 1. The van der Waals surface area contributed by atoms with E-state index in [-0.39, 0.29) is 16.9 Å². The van der Waals surface area contributed by atoms with E-state index in [2.05, 4.69) is 20.8 Å². The van der Waals surface area contributed by atoms with Crippen LogP contribution in [0.5, 0.6) is 0 Å². The Morgan fingerprint density at radius 3 is 2.42 bits per heavy atom. The second-order valence-electron chi connectivity index (χ2n) is 5.66. The zero-order valence-corrected chi connectivity index (χ0v) is 7.87. The fourth-order valence-corrected chi connectivity index (χ4v) is 3.86. The minimum atomic E-state index is -0.115. The van der Waals surface area contributed by atoms with Gasteiger partial charge in [-0.05, 0) is 11.8 Å². The molecule has 1 heterocycles. The van der Waals surface area contributed by atoms with Gasteiger partial charge in [-0.15, -0.1) is 0 Å². The Bertz CT molecular complexity index is 248. The predicted molar refractivity (Wildman–Crippen MR) is 44.7 cm³/mol. The smallest absolute Gasteiger partial charge is 0.0924 e. The Morgan fingerprint density at radius 1 is 1.33 bits per heavy atom. The molecule has 12 heavy (non-hydrogen) atoms. The molecule has 0 aromatic heterocycles. The molecule has 0 spiro atoms. The van der Waals surface area contributed by atoms with Crippen LogP contribution < -0.4 is 0 Å². The van der Waals surface area contributed by atoms with Crippen molar-refractivity contribution in [2.24, 2.45) is 16.7 Å². The van der Waals surface area contributed by atoms with Gasteiger partial charge in [0.15, 0.2) is 0 Å². The average Bonchev–Trinajstić information content (AvgIpc) is 2.57.